The summed E-state index contributed by atoms with van der Waals surface area (Å²) in [4.78, 5) is 45.9. The van der Waals surface area contributed by atoms with Gasteiger partial charge in [-0.25, -0.2) is 4.79 Å². The summed E-state index contributed by atoms with van der Waals surface area (Å²) in [5.74, 6) is 0.653. The minimum absolute atomic E-state index is 0. The number of ketones is 1. The SMILES string of the molecule is CC(C)C1=C2[C@H]3CC[C@@H]4[C@@]5(C)CC=C(c6ccc(C(=O)O)cc6)C(C)(C)[C@@H]5CC[C@@]4(C)[C@]3(C)CC[C@@]2(C(=O)N(CCN(C)C)C(C)c2ccc(Cl)cc2)CC1=O.Cl. The number of carboxylic acids is 1. The van der Waals surface area contributed by atoms with Crippen LogP contribution in [0.2, 0.25) is 5.02 Å². The van der Waals surface area contributed by atoms with Crippen molar-refractivity contribution in [1.29, 1.82) is 0 Å². The largest absolute Gasteiger partial charge is 0.478 e. The second kappa shape index (κ2) is 15.3. The second-order valence-electron chi connectivity index (χ2n) is 20.2. The summed E-state index contributed by atoms with van der Waals surface area (Å²) in [6, 6.07) is 15.2. The summed E-state index contributed by atoms with van der Waals surface area (Å²) in [5.41, 5.74) is 5.20. The van der Waals surface area contributed by atoms with Crippen LogP contribution in [0.4, 0.5) is 0 Å². The molecule has 0 spiro atoms. The maximum absolute atomic E-state index is 15.6. The molecule has 0 heterocycles. The molecule has 2 aromatic rings. The Labute approximate surface area is 353 Å². The molecule has 3 fully saturated rings. The maximum Gasteiger partial charge on any atom is 0.335 e. The molecule has 8 heteroatoms. The molecule has 8 atom stereocenters. The van der Waals surface area contributed by atoms with E-state index < -0.39 is 11.4 Å². The molecule has 1 unspecified atom stereocenters. The average Bonchev–Trinajstić information content (AvgIpc) is 3.45. The number of carbonyl (C=O) groups is 3. The quantitative estimate of drug-likeness (QED) is 0.273. The van der Waals surface area contributed by atoms with Crippen molar-refractivity contribution in [3.05, 3.63) is 87.5 Å². The standard InChI is InChI=1S/C49H65ClN2O4.ClH/c1-30(2)41-38(53)29-49(44(56)52(28-27-51(9)10)31(3)32-15-17-35(50)18-16-32)26-25-47(7)37(42(41)49)19-20-40-46(6)23-21-36(33-11-13-34(14-12-33)43(54)55)45(4,5)39(46)22-24-48(40,47)8;/h11-18,21,30-31,37,39-40H,19-20,22-29H2,1-10H3,(H,54,55);1H/t31?,37-,39+,40-,46+,47-,48-,49-;/m1./s1. The van der Waals surface area contributed by atoms with E-state index in [9.17, 15) is 14.7 Å². The number of halogens is 2. The number of carboxylic acid groups (broad SMARTS) is 1. The molecular weight excluding hydrogens is 751 g/mol. The van der Waals surface area contributed by atoms with E-state index in [1.165, 1.54) is 11.1 Å². The zero-order valence-corrected chi connectivity index (χ0v) is 37.6. The molecule has 310 valence electrons. The van der Waals surface area contributed by atoms with Crippen molar-refractivity contribution in [3.8, 4) is 0 Å². The van der Waals surface area contributed by atoms with E-state index in [0.29, 0.717) is 41.8 Å². The summed E-state index contributed by atoms with van der Waals surface area (Å²) in [7, 11) is 4.11. The van der Waals surface area contributed by atoms with E-state index in [-0.39, 0.29) is 63.6 Å². The first kappa shape index (κ1) is 43.6. The van der Waals surface area contributed by atoms with Gasteiger partial charge in [-0.15, -0.1) is 12.4 Å². The van der Waals surface area contributed by atoms with Gasteiger partial charge >= 0.3 is 5.97 Å². The fourth-order valence-electron chi connectivity index (χ4n) is 13.7. The Kier molecular flexibility index (Phi) is 11.7. The van der Waals surface area contributed by atoms with Crippen LogP contribution in [0.25, 0.3) is 5.57 Å². The van der Waals surface area contributed by atoms with Crippen molar-refractivity contribution < 1.29 is 19.5 Å². The van der Waals surface area contributed by atoms with Crippen LogP contribution in [-0.4, -0.2) is 59.8 Å². The lowest BCUT2D eigenvalue weighted by atomic mass is 9.33. The summed E-state index contributed by atoms with van der Waals surface area (Å²) < 4.78 is 0. The van der Waals surface area contributed by atoms with Crippen molar-refractivity contribution in [1.82, 2.24) is 9.80 Å². The van der Waals surface area contributed by atoms with Gasteiger partial charge in [0.1, 0.15) is 0 Å². The number of benzene rings is 2. The predicted molar refractivity (Wildman–Crippen MR) is 234 cm³/mol. The van der Waals surface area contributed by atoms with Crippen LogP contribution >= 0.6 is 24.0 Å². The Balaban J connectivity index is 0.00000549. The van der Waals surface area contributed by atoms with Gasteiger partial charge in [-0.3, -0.25) is 9.59 Å². The van der Waals surface area contributed by atoms with Gasteiger partial charge in [0.2, 0.25) is 5.91 Å². The number of likely N-dealkylation sites (N-methyl/N-ethyl adjacent to an activating group) is 1. The lowest BCUT2D eigenvalue weighted by Crippen LogP contribution is -2.64. The molecule has 0 bridgehead atoms. The number of aromatic carboxylic acids is 1. The molecule has 5 aliphatic carbocycles. The van der Waals surface area contributed by atoms with Gasteiger partial charge in [0, 0.05) is 24.5 Å². The number of amides is 1. The van der Waals surface area contributed by atoms with Crippen LogP contribution in [0.1, 0.15) is 134 Å². The molecule has 6 nitrogen and oxygen atoms in total. The van der Waals surface area contributed by atoms with Crippen LogP contribution in [0.5, 0.6) is 0 Å². The molecule has 3 saturated carbocycles. The van der Waals surface area contributed by atoms with Crippen LogP contribution in [0.15, 0.2) is 65.8 Å². The van der Waals surface area contributed by atoms with Gasteiger partial charge in [0.15, 0.2) is 5.78 Å². The number of hydrogen-bond donors (Lipinski definition) is 1. The highest BCUT2D eigenvalue weighted by atomic mass is 35.5. The predicted octanol–water partition coefficient (Wildman–Crippen LogP) is 11.6. The van der Waals surface area contributed by atoms with Crippen molar-refractivity contribution in [2.45, 2.75) is 113 Å². The van der Waals surface area contributed by atoms with Gasteiger partial charge in [-0.1, -0.05) is 90.4 Å². The fraction of sp³-hybridized carbons (Fsp3) is 0.612. The first-order valence-corrected chi connectivity index (χ1v) is 21.6. The Hall–Kier alpha value is -2.93. The van der Waals surface area contributed by atoms with Gasteiger partial charge < -0.3 is 14.9 Å². The number of nitrogens with zero attached hydrogens (tertiary/aromatic N) is 2. The number of rotatable bonds is 9. The smallest absolute Gasteiger partial charge is 0.335 e. The van der Waals surface area contributed by atoms with Gasteiger partial charge in [-0.2, -0.15) is 0 Å². The minimum Gasteiger partial charge on any atom is -0.478 e. The lowest BCUT2D eigenvalue weighted by Gasteiger charge is -2.71. The number of Topliss-reactive ketones (excluding diaryl/α,β-unsaturated/α-hetero) is 1. The highest BCUT2D eigenvalue weighted by Gasteiger charge is 2.70. The topological polar surface area (TPSA) is 77.9 Å². The number of allylic oxidation sites excluding steroid dienone is 3. The van der Waals surface area contributed by atoms with Crippen LogP contribution < -0.4 is 0 Å². The van der Waals surface area contributed by atoms with Crippen LogP contribution in [0, 0.1) is 50.7 Å². The van der Waals surface area contributed by atoms with Crippen LogP contribution in [0.3, 0.4) is 0 Å². The third-order valence-corrected chi connectivity index (χ3v) is 17.0. The van der Waals surface area contributed by atoms with E-state index in [2.05, 4.69) is 85.4 Å². The maximum atomic E-state index is 15.6. The van der Waals surface area contributed by atoms with Crippen molar-refractivity contribution in [3.63, 3.8) is 0 Å². The summed E-state index contributed by atoms with van der Waals surface area (Å²) in [6.07, 6.45) is 9.78. The van der Waals surface area contributed by atoms with Crippen molar-refractivity contribution >= 4 is 47.2 Å². The summed E-state index contributed by atoms with van der Waals surface area (Å²) in [6.45, 7) is 20.3. The first-order valence-electron chi connectivity index (χ1n) is 21.3. The van der Waals surface area contributed by atoms with E-state index >= 15 is 4.79 Å². The first-order chi connectivity index (χ1) is 26.2. The Morgan fingerprint density at radius 3 is 2.09 bits per heavy atom. The Morgan fingerprint density at radius 2 is 1.49 bits per heavy atom. The number of fused-ring (bicyclic) bond motifs is 7. The molecule has 1 N–H and O–H groups in total. The third-order valence-electron chi connectivity index (χ3n) is 16.7. The molecular formula is C49H66Cl2N2O4. The molecule has 1 amide bonds. The van der Waals surface area contributed by atoms with Crippen molar-refractivity contribution in [2.24, 2.45) is 50.7 Å². The van der Waals surface area contributed by atoms with Gasteiger partial charge in [-0.05, 0) is 163 Å². The van der Waals surface area contributed by atoms with Gasteiger partial charge in [0.05, 0.1) is 17.0 Å². The van der Waals surface area contributed by atoms with E-state index in [4.69, 9.17) is 11.6 Å². The summed E-state index contributed by atoms with van der Waals surface area (Å²) >= 11 is 6.31. The highest BCUT2D eigenvalue weighted by Crippen LogP contribution is 2.77. The molecule has 0 aliphatic heterocycles. The monoisotopic (exact) mass is 816 g/mol. The molecule has 7 rings (SSSR count). The fourth-order valence-corrected chi connectivity index (χ4v) is 13.9. The molecule has 0 aromatic heterocycles. The van der Waals surface area contributed by atoms with E-state index in [1.807, 2.05) is 36.4 Å². The zero-order valence-electron chi connectivity index (χ0n) is 36.0. The van der Waals surface area contributed by atoms with Crippen LogP contribution in [-0.2, 0) is 9.59 Å². The van der Waals surface area contributed by atoms with E-state index in [1.54, 1.807) is 12.1 Å². The molecule has 2 aromatic carbocycles. The van der Waals surface area contributed by atoms with Crippen molar-refractivity contribution in [2.75, 3.05) is 27.2 Å². The number of hydrogen-bond acceptors (Lipinski definition) is 4. The molecule has 5 aliphatic rings. The van der Waals surface area contributed by atoms with Gasteiger partial charge in [0.25, 0.3) is 0 Å². The Bertz CT molecular complexity index is 1970. The molecule has 0 saturated heterocycles. The molecule has 0 radical (unpaired) electrons. The van der Waals surface area contributed by atoms with E-state index in [0.717, 1.165) is 61.8 Å². The Morgan fingerprint density at radius 1 is 0.842 bits per heavy atom. The second-order valence-corrected chi connectivity index (χ2v) is 20.7. The lowest BCUT2D eigenvalue weighted by molar-refractivity contribution is -0.198. The third kappa shape index (κ3) is 6.67. The summed E-state index contributed by atoms with van der Waals surface area (Å²) in [5, 5.41) is 10.2. The highest BCUT2D eigenvalue weighted by molar-refractivity contribution is 6.30. The normalized spacial score (nSPS) is 33.4. The average molecular weight is 818 g/mol. The minimum atomic E-state index is -0.895. The molecule has 57 heavy (non-hydrogen) atoms. The number of carbonyl (C=O) groups excluding carboxylic acids is 2. The zero-order chi connectivity index (χ0) is 40.7.